The van der Waals surface area contributed by atoms with Gasteiger partial charge in [-0.3, -0.25) is 9.67 Å². The Morgan fingerprint density at radius 1 is 1.26 bits per heavy atom. The van der Waals surface area contributed by atoms with E-state index in [2.05, 4.69) is 51.9 Å². The van der Waals surface area contributed by atoms with Crippen molar-refractivity contribution in [3.63, 3.8) is 0 Å². The third kappa shape index (κ3) is 5.10. The number of nitrogens with one attached hydrogen (secondary N) is 2. The Labute approximate surface area is 138 Å². The van der Waals surface area contributed by atoms with Crippen molar-refractivity contribution in [2.24, 2.45) is 12.0 Å². The van der Waals surface area contributed by atoms with E-state index in [-0.39, 0.29) is 6.04 Å². The summed E-state index contributed by atoms with van der Waals surface area (Å²) in [7, 11) is 7.86. The molecule has 1 aromatic carbocycles. The molecule has 1 aromatic heterocycles. The highest BCUT2D eigenvalue weighted by atomic mass is 15.3. The summed E-state index contributed by atoms with van der Waals surface area (Å²) in [6, 6.07) is 10.5. The van der Waals surface area contributed by atoms with Crippen LogP contribution in [0.2, 0.25) is 0 Å². The largest absolute Gasteiger partial charge is 0.354 e. The molecular weight excluding hydrogens is 288 g/mol. The normalized spacial score (nSPS) is 13.2. The Morgan fingerprint density at radius 2 is 2.00 bits per heavy atom. The summed E-state index contributed by atoms with van der Waals surface area (Å²) < 4.78 is 1.83. The molecule has 0 saturated heterocycles. The summed E-state index contributed by atoms with van der Waals surface area (Å²) in [4.78, 5) is 6.46. The number of hydrogen-bond donors (Lipinski definition) is 2. The van der Waals surface area contributed by atoms with Crippen LogP contribution < -0.4 is 10.6 Å². The number of likely N-dealkylation sites (N-methyl/N-ethyl adjacent to an activating group) is 1. The minimum absolute atomic E-state index is 0.235. The molecule has 0 aliphatic rings. The minimum Gasteiger partial charge on any atom is -0.354 e. The van der Waals surface area contributed by atoms with Crippen LogP contribution in [0.25, 0.3) is 0 Å². The van der Waals surface area contributed by atoms with Crippen molar-refractivity contribution in [1.29, 1.82) is 0 Å². The van der Waals surface area contributed by atoms with Gasteiger partial charge >= 0.3 is 0 Å². The van der Waals surface area contributed by atoms with Crippen LogP contribution in [0, 0.1) is 0 Å². The lowest BCUT2D eigenvalue weighted by Gasteiger charge is -2.24. The number of rotatable bonds is 6. The number of guanidine groups is 1. The van der Waals surface area contributed by atoms with Gasteiger partial charge < -0.3 is 15.5 Å². The third-order valence-corrected chi connectivity index (χ3v) is 3.72. The van der Waals surface area contributed by atoms with Crippen molar-refractivity contribution < 1.29 is 0 Å². The van der Waals surface area contributed by atoms with Crippen molar-refractivity contribution >= 4 is 5.96 Å². The van der Waals surface area contributed by atoms with E-state index in [1.807, 2.05) is 42.3 Å². The smallest absolute Gasteiger partial charge is 0.191 e. The van der Waals surface area contributed by atoms with Gasteiger partial charge in [0.25, 0.3) is 0 Å². The van der Waals surface area contributed by atoms with E-state index in [1.54, 1.807) is 7.05 Å². The molecule has 0 spiro atoms. The second-order valence-corrected chi connectivity index (χ2v) is 5.72. The van der Waals surface area contributed by atoms with E-state index in [0.29, 0.717) is 0 Å². The first-order valence-corrected chi connectivity index (χ1v) is 7.73. The Bertz CT molecular complexity index is 617. The monoisotopic (exact) mass is 314 g/mol. The summed E-state index contributed by atoms with van der Waals surface area (Å²) in [6.45, 7) is 1.51. The molecule has 2 aromatic rings. The van der Waals surface area contributed by atoms with Crippen LogP contribution >= 0.6 is 0 Å². The van der Waals surface area contributed by atoms with Gasteiger partial charge in [0.1, 0.15) is 0 Å². The van der Waals surface area contributed by atoms with Crippen LogP contribution in [-0.2, 0) is 13.6 Å². The van der Waals surface area contributed by atoms with Crippen molar-refractivity contribution in [3.8, 4) is 0 Å². The average Bonchev–Trinajstić information content (AvgIpc) is 2.97. The first-order valence-electron chi connectivity index (χ1n) is 7.73. The van der Waals surface area contributed by atoms with E-state index in [4.69, 9.17) is 0 Å². The zero-order valence-electron chi connectivity index (χ0n) is 14.3. The number of benzene rings is 1. The van der Waals surface area contributed by atoms with Gasteiger partial charge in [0.15, 0.2) is 5.96 Å². The Hall–Kier alpha value is -2.34. The van der Waals surface area contributed by atoms with Crippen LogP contribution in [0.1, 0.15) is 17.2 Å². The molecule has 0 amide bonds. The van der Waals surface area contributed by atoms with Crippen molar-refractivity contribution in [3.05, 3.63) is 53.9 Å². The summed E-state index contributed by atoms with van der Waals surface area (Å²) >= 11 is 0. The third-order valence-electron chi connectivity index (χ3n) is 3.72. The lowest BCUT2D eigenvalue weighted by atomic mass is 10.1. The molecule has 6 heteroatoms. The highest BCUT2D eigenvalue weighted by molar-refractivity contribution is 5.79. The van der Waals surface area contributed by atoms with Gasteiger partial charge in [-0.05, 0) is 19.7 Å². The first kappa shape index (κ1) is 17.0. The summed E-state index contributed by atoms with van der Waals surface area (Å²) in [5.41, 5.74) is 2.41. The fourth-order valence-electron chi connectivity index (χ4n) is 2.41. The molecule has 23 heavy (non-hydrogen) atoms. The van der Waals surface area contributed by atoms with Crippen molar-refractivity contribution in [1.82, 2.24) is 25.3 Å². The Morgan fingerprint density at radius 3 is 2.57 bits per heavy atom. The van der Waals surface area contributed by atoms with Gasteiger partial charge in [-0.2, -0.15) is 5.10 Å². The number of aromatic nitrogens is 2. The standard InChI is InChI=1S/C17H26N6/c1-18-17(19-10-14-8-6-5-7-9-14)20-12-16(22(2)3)15-11-21-23(4)13-15/h5-9,11,13,16H,10,12H2,1-4H3,(H2,18,19,20). The predicted octanol–water partition coefficient (Wildman–Crippen LogP) is 1.39. The van der Waals surface area contributed by atoms with Gasteiger partial charge in [0.05, 0.1) is 12.2 Å². The second kappa shape index (κ2) is 8.33. The van der Waals surface area contributed by atoms with Gasteiger partial charge in [-0.25, -0.2) is 0 Å². The molecule has 0 saturated carbocycles. The highest BCUT2D eigenvalue weighted by Crippen LogP contribution is 2.15. The molecule has 1 heterocycles. The quantitative estimate of drug-likeness (QED) is 0.625. The molecule has 0 radical (unpaired) electrons. The van der Waals surface area contributed by atoms with Crippen molar-refractivity contribution in [2.75, 3.05) is 27.7 Å². The van der Waals surface area contributed by atoms with E-state index >= 15 is 0 Å². The van der Waals surface area contributed by atoms with Crippen LogP contribution in [0.15, 0.2) is 47.7 Å². The SMILES string of the molecule is CN=C(NCc1ccccc1)NCC(c1cnn(C)c1)N(C)C. The van der Waals surface area contributed by atoms with Crippen LogP contribution in [0.5, 0.6) is 0 Å². The Kier molecular flexibility index (Phi) is 6.17. The van der Waals surface area contributed by atoms with E-state index in [1.165, 1.54) is 11.1 Å². The number of hydrogen-bond acceptors (Lipinski definition) is 3. The van der Waals surface area contributed by atoms with E-state index < -0.39 is 0 Å². The minimum atomic E-state index is 0.235. The number of nitrogens with zero attached hydrogens (tertiary/aromatic N) is 4. The maximum atomic E-state index is 4.29. The molecule has 124 valence electrons. The fourth-order valence-corrected chi connectivity index (χ4v) is 2.41. The van der Waals surface area contributed by atoms with Gasteiger partial charge in [0, 0.05) is 38.9 Å². The molecule has 0 aliphatic heterocycles. The highest BCUT2D eigenvalue weighted by Gasteiger charge is 2.16. The first-order chi connectivity index (χ1) is 11.1. The Balaban J connectivity index is 1.90. The maximum Gasteiger partial charge on any atom is 0.191 e. The zero-order valence-corrected chi connectivity index (χ0v) is 14.3. The van der Waals surface area contributed by atoms with Gasteiger partial charge in [0.2, 0.25) is 0 Å². The number of aryl methyl sites for hydroxylation is 1. The van der Waals surface area contributed by atoms with E-state index in [9.17, 15) is 0 Å². The van der Waals surface area contributed by atoms with Gasteiger partial charge in [-0.15, -0.1) is 0 Å². The average molecular weight is 314 g/mol. The molecule has 1 atom stereocenters. The van der Waals surface area contributed by atoms with Crippen LogP contribution in [0.3, 0.4) is 0 Å². The molecule has 0 aliphatic carbocycles. The van der Waals surface area contributed by atoms with Crippen LogP contribution in [0.4, 0.5) is 0 Å². The molecule has 0 bridgehead atoms. The van der Waals surface area contributed by atoms with Gasteiger partial charge in [-0.1, -0.05) is 30.3 Å². The van der Waals surface area contributed by atoms with E-state index in [0.717, 1.165) is 19.0 Å². The molecular formula is C17H26N6. The predicted molar refractivity (Wildman–Crippen MR) is 94.3 cm³/mol. The number of aliphatic imine (C=N–C) groups is 1. The lowest BCUT2D eigenvalue weighted by molar-refractivity contribution is 0.298. The maximum absolute atomic E-state index is 4.29. The molecule has 1 unspecified atom stereocenters. The summed E-state index contributed by atoms with van der Waals surface area (Å²) in [5, 5.41) is 11.0. The van der Waals surface area contributed by atoms with Crippen LogP contribution in [-0.4, -0.2) is 48.3 Å². The fraction of sp³-hybridized carbons (Fsp3) is 0.412. The summed E-state index contributed by atoms with van der Waals surface area (Å²) in [5.74, 6) is 0.796. The molecule has 2 rings (SSSR count). The van der Waals surface area contributed by atoms with Crippen molar-refractivity contribution in [2.45, 2.75) is 12.6 Å². The topological polar surface area (TPSA) is 57.5 Å². The molecule has 6 nitrogen and oxygen atoms in total. The molecule has 0 fully saturated rings. The zero-order chi connectivity index (χ0) is 16.7. The molecule has 2 N–H and O–H groups in total. The second-order valence-electron chi connectivity index (χ2n) is 5.72. The summed E-state index contributed by atoms with van der Waals surface area (Å²) in [6.07, 6.45) is 3.96. The lowest BCUT2D eigenvalue weighted by Crippen LogP contribution is -2.41.